The van der Waals surface area contributed by atoms with E-state index in [9.17, 15) is 0 Å². The minimum atomic E-state index is -2.08. The summed E-state index contributed by atoms with van der Waals surface area (Å²) >= 11 is 0. The van der Waals surface area contributed by atoms with Crippen LogP contribution >= 0.6 is 0 Å². The molecule has 48 heavy (non-hydrogen) atoms. The average Bonchev–Trinajstić information content (AvgIpc) is 3.46. The second kappa shape index (κ2) is 14.5. The molecule has 0 saturated heterocycles. The fourth-order valence-electron chi connectivity index (χ4n) is 5.66. The van der Waals surface area contributed by atoms with E-state index < -0.39 is 14.9 Å². The molecule has 0 bridgehead atoms. The summed E-state index contributed by atoms with van der Waals surface area (Å²) in [6.45, 7) is 11.5. The summed E-state index contributed by atoms with van der Waals surface area (Å²) in [4.78, 5) is 9.08. The van der Waals surface area contributed by atoms with Crippen molar-refractivity contribution in [3.05, 3.63) is 139 Å². The van der Waals surface area contributed by atoms with Gasteiger partial charge in [-0.2, -0.15) is 0 Å². The van der Waals surface area contributed by atoms with Crippen LogP contribution in [0.4, 0.5) is 0 Å². The molecule has 0 amide bonds. The van der Waals surface area contributed by atoms with Gasteiger partial charge in [-0.3, -0.25) is 0 Å². The summed E-state index contributed by atoms with van der Waals surface area (Å²) < 4.78 is 28.3. The second-order valence-electron chi connectivity index (χ2n) is 14.2. The first kappa shape index (κ1) is 31.1. The molecule has 1 radical (unpaired) electrons. The Hall–Kier alpha value is -4.15. The van der Waals surface area contributed by atoms with Crippen molar-refractivity contribution in [2.45, 2.75) is 53.7 Å². The molecule has 0 saturated carbocycles. The van der Waals surface area contributed by atoms with Crippen LogP contribution in [0.15, 0.2) is 120 Å². The molecule has 0 unspecified atom stereocenters. The molecule has 0 aliphatic carbocycles. The maximum Gasteiger partial charge on any atom is 0.128 e. The number of pyridine rings is 2. The third-order valence-corrected chi connectivity index (χ3v) is 10.1. The Labute approximate surface area is 304 Å². The Balaban J connectivity index is 0.000000211. The van der Waals surface area contributed by atoms with E-state index in [0.717, 1.165) is 62.0 Å². The van der Waals surface area contributed by atoms with Gasteiger partial charge in [0.2, 0.25) is 0 Å². The monoisotopic (exact) mass is 826 g/mol. The van der Waals surface area contributed by atoms with Crippen LogP contribution < -0.4 is 5.19 Å². The molecule has 0 atom stereocenters. The van der Waals surface area contributed by atoms with Crippen molar-refractivity contribution in [3.8, 4) is 33.6 Å². The molecule has 0 aliphatic rings. The Kier molecular flexibility index (Phi) is 9.43. The van der Waals surface area contributed by atoms with Crippen molar-refractivity contribution in [3.63, 3.8) is 0 Å². The summed E-state index contributed by atoms with van der Waals surface area (Å²) in [6, 6.07) is 40.5. The maximum absolute atomic E-state index is 7.35. The fourth-order valence-corrected chi connectivity index (χ4v) is 6.70. The summed E-state index contributed by atoms with van der Waals surface area (Å²) in [5, 5.41) is 3.52. The second-order valence-corrected chi connectivity index (χ2v) is 19.3. The summed E-state index contributed by atoms with van der Waals surface area (Å²) in [6.07, 6.45) is 4.84. The fraction of sp³-hybridized carbons (Fsp3) is 0.209. The first-order valence-electron chi connectivity index (χ1n) is 17.5. The van der Waals surface area contributed by atoms with Gasteiger partial charge in [0.25, 0.3) is 0 Å². The third-order valence-electron chi connectivity index (χ3n) is 8.07. The molecule has 0 spiro atoms. The molecule has 245 valence electrons. The van der Waals surface area contributed by atoms with Crippen LogP contribution in [0, 0.1) is 24.4 Å². The average molecular weight is 826 g/mol. The molecule has 7 aromatic rings. The molecule has 3 heterocycles. The number of hydrogen-bond donors (Lipinski definition) is 0. The summed E-state index contributed by atoms with van der Waals surface area (Å²) in [5.41, 5.74) is 9.45. The smallest absolute Gasteiger partial charge is 0.128 e. The van der Waals surface area contributed by atoms with Crippen LogP contribution in [0.25, 0.3) is 55.6 Å². The number of hydrogen-bond acceptors (Lipinski definition) is 3. The van der Waals surface area contributed by atoms with Gasteiger partial charge in [0.1, 0.15) is 5.58 Å². The molecular formula is C43H42IrN2OSi-2. The molecule has 4 aromatic carbocycles. The Bertz CT molecular complexity index is 2180. The molecule has 0 fully saturated rings. The van der Waals surface area contributed by atoms with Crippen molar-refractivity contribution < 1.29 is 28.6 Å². The van der Waals surface area contributed by atoms with E-state index in [0.29, 0.717) is 5.56 Å². The topological polar surface area (TPSA) is 38.9 Å². The van der Waals surface area contributed by atoms with Gasteiger partial charge < -0.3 is 14.4 Å². The van der Waals surface area contributed by atoms with Gasteiger partial charge in [-0.15, -0.1) is 59.2 Å². The number of aromatic nitrogens is 2. The number of nitrogens with zero attached hydrogens (tertiary/aromatic N) is 2. The maximum atomic E-state index is 7.35. The minimum Gasteiger partial charge on any atom is -0.500 e. The molecule has 5 heteroatoms. The van der Waals surface area contributed by atoms with Crippen LogP contribution in [-0.4, -0.2) is 18.0 Å². The number of furan rings is 1. The van der Waals surface area contributed by atoms with Crippen molar-refractivity contribution >= 4 is 35.2 Å². The quantitative estimate of drug-likeness (QED) is 0.128. The first-order chi connectivity index (χ1) is 23.7. The zero-order chi connectivity index (χ0) is 35.7. The van der Waals surface area contributed by atoms with E-state index >= 15 is 0 Å². The molecule has 3 aromatic heterocycles. The van der Waals surface area contributed by atoms with Crippen molar-refractivity contribution in [2.24, 2.45) is 5.41 Å². The summed E-state index contributed by atoms with van der Waals surface area (Å²) in [5.74, 6) is 0. The molecular weight excluding hydrogens is 781 g/mol. The number of aryl methyl sites for hydroxylation is 1. The number of rotatable bonds is 5. The predicted molar refractivity (Wildman–Crippen MR) is 201 cm³/mol. The molecule has 3 nitrogen and oxygen atoms in total. The van der Waals surface area contributed by atoms with E-state index in [1.165, 1.54) is 16.8 Å². The van der Waals surface area contributed by atoms with E-state index in [1.807, 2.05) is 30.6 Å². The Morgan fingerprint density at radius 2 is 1.56 bits per heavy atom. The standard InChI is InChI=1S/C28H24NO.C15H18NSi.Ir/c1-28(2,3)18-19-14-15-29-25(16-19)21-12-13-26-24(17-21)23-11-7-10-22(27(23)30-26)20-8-5-4-6-9-20;1-12-5-7-13(8-6-12)15-10-9-14(11-16-15)17(2,3)4;/h4-11,13-17H,18H2,1-3H3;5-7,9-11H,1-4H3;/q2*-1;/i;1D3;. The van der Waals surface area contributed by atoms with Gasteiger partial charge in [-0.25, -0.2) is 0 Å². The van der Waals surface area contributed by atoms with Crippen LogP contribution in [0.5, 0.6) is 0 Å². The van der Waals surface area contributed by atoms with Crippen LogP contribution in [0.1, 0.15) is 36.0 Å². The minimum absolute atomic E-state index is 0. The van der Waals surface area contributed by atoms with Gasteiger partial charge in [-0.1, -0.05) is 125 Å². The van der Waals surface area contributed by atoms with Gasteiger partial charge >= 0.3 is 0 Å². The van der Waals surface area contributed by atoms with E-state index in [1.54, 1.807) is 12.1 Å². The molecule has 0 aliphatic heterocycles. The first-order valence-corrected chi connectivity index (χ1v) is 19.5. The van der Waals surface area contributed by atoms with Gasteiger partial charge in [0.05, 0.1) is 13.7 Å². The zero-order valence-electron chi connectivity index (χ0n) is 31.3. The molecule has 0 N–H and O–H groups in total. The Morgan fingerprint density at radius 1 is 0.771 bits per heavy atom. The van der Waals surface area contributed by atoms with Crippen molar-refractivity contribution in [1.82, 2.24) is 9.97 Å². The predicted octanol–water partition coefficient (Wildman–Crippen LogP) is 11.1. The van der Waals surface area contributed by atoms with Gasteiger partial charge in [0, 0.05) is 47.6 Å². The van der Waals surface area contributed by atoms with Crippen LogP contribution in [0.3, 0.4) is 0 Å². The van der Waals surface area contributed by atoms with E-state index in [-0.39, 0.29) is 25.5 Å². The zero-order valence-corrected chi connectivity index (χ0v) is 31.7. The third kappa shape index (κ3) is 8.28. The largest absolute Gasteiger partial charge is 0.500 e. The van der Waals surface area contributed by atoms with Crippen molar-refractivity contribution in [1.29, 1.82) is 0 Å². The number of fused-ring (bicyclic) bond motifs is 3. The van der Waals surface area contributed by atoms with E-state index in [4.69, 9.17) is 8.53 Å². The number of para-hydroxylation sites is 1. The Morgan fingerprint density at radius 3 is 2.23 bits per heavy atom. The van der Waals surface area contributed by atoms with Crippen molar-refractivity contribution in [2.75, 3.05) is 0 Å². The number of benzene rings is 4. The SMILES string of the molecule is CC(C)(C)Cc1ccnc(-c2[c-]cc3oc4c(-c5ccccc5)cccc4c3c2)c1.[2H]C([2H])([2H])c1c[c-]c(-c2ccc([Si](C)(C)C)cn2)cc1.[Ir]. The van der Waals surface area contributed by atoms with Gasteiger partial charge in [-0.05, 0) is 40.0 Å². The van der Waals surface area contributed by atoms with Gasteiger partial charge in [0.15, 0.2) is 0 Å². The molecule has 7 rings (SSSR count). The van der Waals surface area contributed by atoms with Crippen LogP contribution in [-0.2, 0) is 26.5 Å². The van der Waals surface area contributed by atoms with Crippen LogP contribution in [0.2, 0.25) is 19.6 Å². The van der Waals surface area contributed by atoms with E-state index in [2.05, 4.69) is 129 Å². The summed E-state index contributed by atoms with van der Waals surface area (Å²) in [7, 11) is -1.34. The normalized spacial score (nSPS) is 12.8.